The Morgan fingerprint density at radius 1 is 1.55 bits per heavy atom. The molecule has 0 aromatic carbocycles. The van der Waals surface area contributed by atoms with E-state index in [9.17, 15) is 4.79 Å². The highest BCUT2D eigenvalue weighted by molar-refractivity contribution is 5.70. The van der Waals surface area contributed by atoms with Crippen molar-refractivity contribution in [1.82, 2.24) is 5.32 Å². The summed E-state index contributed by atoms with van der Waals surface area (Å²) in [5, 5.41) is 20.3. The number of carboxylic acids is 1. The molecule has 0 bridgehead atoms. The number of nitrogens with one attached hydrogen (secondary N) is 1. The summed E-state index contributed by atoms with van der Waals surface area (Å²) in [4.78, 5) is 10.4. The minimum absolute atomic E-state index is 0.102. The maximum absolute atomic E-state index is 10.4. The van der Waals surface area contributed by atoms with E-state index >= 15 is 0 Å². The van der Waals surface area contributed by atoms with Crippen molar-refractivity contribution in [3.63, 3.8) is 0 Å². The van der Waals surface area contributed by atoms with Crippen molar-refractivity contribution in [3.05, 3.63) is 0 Å². The van der Waals surface area contributed by atoms with Gasteiger partial charge >= 0.3 is 5.97 Å². The molecule has 0 aromatic rings. The van der Waals surface area contributed by atoms with Gasteiger partial charge in [0.05, 0.1) is 12.5 Å². The number of aliphatic carboxylic acids is 1. The third-order valence-electron chi connectivity index (χ3n) is 2.09. The molecule has 0 aromatic heterocycles. The normalized spacial score (nSPS) is 31.7. The van der Waals surface area contributed by atoms with Crippen LogP contribution in [0.1, 0.15) is 12.8 Å². The summed E-state index contributed by atoms with van der Waals surface area (Å²) in [5.41, 5.74) is 0. The number of hydrogen-bond donors (Lipinski definition) is 3. The average molecular weight is 159 g/mol. The fourth-order valence-electron chi connectivity index (χ4n) is 1.28. The SMILES string of the molecule is O=C(O)C1CCC(CO)NC1. The molecule has 0 radical (unpaired) electrons. The summed E-state index contributed by atoms with van der Waals surface area (Å²) in [6, 6.07) is 0.102. The summed E-state index contributed by atoms with van der Waals surface area (Å²) in [6.45, 7) is 0.590. The van der Waals surface area contributed by atoms with Crippen LogP contribution in [0, 0.1) is 5.92 Å². The van der Waals surface area contributed by atoms with Crippen LogP contribution in [-0.2, 0) is 4.79 Å². The molecule has 1 saturated heterocycles. The molecule has 1 fully saturated rings. The van der Waals surface area contributed by atoms with Gasteiger partial charge in [-0.25, -0.2) is 0 Å². The van der Waals surface area contributed by atoms with Crippen molar-refractivity contribution in [2.24, 2.45) is 5.92 Å². The van der Waals surface area contributed by atoms with E-state index in [0.29, 0.717) is 13.0 Å². The molecule has 4 nitrogen and oxygen atoms in total. The van der Waals surface area contributed by atoms with E-state index in [1.807, 2.05) is 0 Å². The van der Waals surface area contributed by atoms with Crippen molar-refractivity contribution in [2.75, 3.05) is 13.2 Å². The molecule has 1 heterocycles. The molecule has 0 aliphatic carbocycles. The predicted molar refractivity (Wildman–Crippen MR) is 39.2 cm³/mol. The monoisotopic (exact) mass is 159 g/mol. The summed E-state index contributed by atoms with van der Waals surface area (Å²) >= 11 is 0. The van der Waals surface area contributed by atoms with Gasteiger partial charge in [0.25, 0.3) is 0 Å². The minimum Gasteiger partial charge on any atom is -0.481 e. The van der Waals surface area contributed by atoms with E-state index in [1.165, 1.54) is 0 Å². The fourth-order valence-corrected chi connectivity index (χ4v) is 1.28. The van der Waals surface area contributed by atoms with Crippen molar-refractivity contribution >= 4 is 5.97 Å². The van der Waals surface area contributed by atoms with Crippen LogP contribution in [0.5, 0.6) is 0 Å². The first-order valence-electron chi connectivity index (χ1n) is 3.81. The van der Waals surface area contributed by atoms with Crippen LogP contribution in [-0.4, -0.2) is 35.4 Å². The van der Waals surface area contributed by atoms with E-state index in [2.05, 4.69) is 5.32 Å². The lowest BCUT2D eigenvalue weighted by molar-refractivity contribution is -0.142. The average Bonchev–Trinajstić information content (AvgIpc) is 2.05. The van der Waals surface area contributed by atoms with Crippen LogP contribution in [0.3, 0.4) is 0 Å². The Bertz CT molecular complexity index is 141. The maximum Gasteiger partial charge on any atom is 0.307 e. The lowest BCUT2D eigenvalue weighted by Crippen LogP contribution is -2.43. The largest absolute Gasteiger partial charge is 0.481 e. The summed E-state index contributed by atoms with van der Waals surface area (Å²) in [6.07, 6.45) is 1.43. The fraction of sp³-hybridized carbons (Fsp3) is 0.857. The Balaban J connectivity index is 2.30. The predicted octanol–water partition coefficient (Wildman–Crippen LogP) is -0.569. The molecule has 4 heteroatoms. The number of rotatable bonds is 2. The molecule has 1 aliphatic rings. The van der Waals surface area contributed by atoms with Crippen molar-refractivity contribution < 1.29 is 15.0 Å². The first kappa shape index (κ1) is 8.49. The summed E-state index contributed by atoms with van der Waals surface area (Å²) < 4.78 is 0. The molecule has 0 spiro atoms. The van der Waals surface area contributed by atoms with Gasteiger partial charge in [0.15, 0.2) is 0 Å². The highest BCUT2D eigenvalue weighted by Gasteiger charge is 2.24. The smallest absolute Gasteiger partial charge is 0.307 e. The lowest BCUT2D eigenvalue weighted by Gasteiger charge is -2.25. The first-order valence-corrected chi connectivity index (χ1v) is 3.81. The van der Waals surface area contributed by atoms with Gasteiger partial charge < -0.3 is 15.5 Å². The number of aliphatic hydroxyl groups excluding tert-OH is 1. The minimum atomic E-state index is -0.742. The summed E-state index contributed by atoms with van der Waals surface area (Å²) in [7, 11) is 0. The first-order chi connectivity index (χ1) is 5.24. The third kappa shape index (κ3) is 2.17. The number of piperidine rings is 1. The summed E-state index contributed by atoms with van der Waals surface area (Å²) in [5.74, 6) is -1.01. The van der Waals surface area contributed by atoms with E-state index < -0.39 is 5.97 Å². The second-order valence-corrected chi connectivity index (χ2v) is 2.90. The number of carboxylic acid groups (broad SMARTS) is 1. The molecular weight excluding hydrogens is 146 g/mol. The van der Waals surface area contributed by atoms with Gasteiger partial charge in [-0.1, -0.05) is 0 Å². The zero-order valence-electron chi connectivity index (χ0n) is 6.29. The van der Waals surface area contributed by atoms with E-state index in [-0.39, 0.29) is 18.6 Å². The van der Waals surface area contributed by atoms with Crippen LogP contribution in [0.2, 0.25) is 0 Å². The van der Waals surface area contributed by atoms with Gasteiger partial charge in [-0.2, -0.15) is 0 Å². The zero-order chi connectivity index (χ0) is 8.27. The molecule has 0 amide bonds. The van der Waals surface area contributed by atoms with Crippen LogP contribution in [0.25, 0.3) is 0 Å². The second-order valence-electron chi connectivity index (χ2n) is 2.90. The van der Waals surface area contributed by atoms with E-state index in [4.69, 9.17) is 10.2 Å². The quantitative estimate of drug-likeness (QED) is 0.504. The van der Waals surface area contributed by atoms with Crippen molar-refractivity contribution in [2.45, 2.75) is 18.9 Å². The molecule has 11 heavy (non-hydrogen) atoms. The zero-order valence-corrected chi connectivity index (χ0v) is 6.29. The Morgan fingerprint density at radius 2 is 2.27 bits per heavy atom. The van der Waals surface area contributed by atoms with E-state index in [1.54, 1.807) is 0 Å². The van der Waals surface area contributed by atoms with Crippen LogP contribution in [0.4, 0.5) is 0 Å². The van der Waals surface area contributed by atoms with Crippen molar-refractivity contribution in [3.8, 4) is 0 Å². The number of aliphatic hydroxyl groups is 1. The molecule has 3 N–H and O–H groups in total. The van der Waals surface area contributed by atoms with Gasteiger partial charge in [0.1, 0.15) is 0 Å². The van der Waals surface area contributed by atoms with Gasteiger partial charge in [-0.15, -0.1) is 0 Å². The Labute approximate surface area is 65.2 Å². The lowest BCUT2D eigenvalue weighted by atomic mass is 9.95. The number of carbonyl (C=O) groups is 1. The van der Waals surface area contributed by atoms with E-state index in [0.717, 1.165) is 6.42 Å². The Hall–Kier alpha value is -0.610. The molecule has 64 valence electrons. The van der Waals surface area contributed by atoms with Gasteiger partial charge in [0.2, 0.25) is 0 Å². The highest BCUT2D eigenvalue weighted by atomic mass is 16.4. The molecule has 0 saturated carbocycles. The topological polar surface area (TPSA) is 69.6 Å². The standard InChI is InChI=1S/C7H13NO3/c9-4-6-2-1-5(3-8-6)7(10)11/h5-6,8-9H,1-4H2,(H,10,11). The van der Waals surface area contributed by atoms with Crippen LogP contribution in [0.15, 0.2) is 0 Å². The molecular formula is C7H13NO3. The molecule has 1 aliphatic heterocycles. The molecule has 2 atom stereocenters. The number of hydrogen-bond acceptors (Lipinski definition) is 3. The highest BCUT2D eigenvalue weighted by Crippen LogP contribution is 2.13. The van der Waals surface area contributed by atoms with Gasteiger partial charge in [0, 0.05) is 12.6 Å². The van der Waals surface area contributed by atoms with Gasteiger partial charge in [-0.05, 0) is 12.8 Å². The Kier molecular flexibility index (Phi) is 2.84. The third-order valence-corrected chi connectivity index (χ3v) is 2.09. The second kappa shape index (κ2) is 3.69. The maximum atomic E-state index is 10.4. The van der Waals surface area contributed by atoms with Crippen molar-refractivity contribution in [1.29, 1.82) is 0 Å². The van der Waals surface area contributed by atoms with Crippen LogP contribution >= 0.6 is 0 Å². The van der Waals surface area contributed by atoms with Crippen LogP contribution < -0.4 is 5.32 Å². The molecule has 1 rings (SSSR count). The van der Waals surface area contributed by atoms with Gasteiger partial charge in [-0.3, -0.25) is 4.79 Å². The Morgan fingerprint density at radius 3 is 2.64 bits per heavy atom. The molecule has 2 unspecified atom stereocenters.